The largest absolute Gasteiger partial charge is 0.398 e. The van der Waals surface area contributed by atoms with Gasteiger partial charge in [-0.05, 0) is 23.9 Å². The molecule has 0 aliphatic rings. The SMILES string of the molecule is [B]c1cc(C)c(N)cc1P. The van der Waals surface area contributed by atoms with E-state index in [0.29, 0.717) is 0 Å². The maximum atomic E-state index is 5.62. The number of hydrogen-bond donors (Lipinski definition) is 1. The van der Waals surface area contributed by atoms with Crippen LogP contribution in [0, 0.1) is 6.92 Å². The fourth-order valence-corrected chi connectivity index (χ4v) is 1.03. The lowest BCUT2D eigenvalue weighted by atomic mass is 9.94. The van der Waals surface area contributed by atoms with Crippen LogP contribution in [0.5, 0.6) is 0 Å². The Labute approximate surface area is 64.6 Å². The molecule has 0 spiro atoms. The van der Waals surface area contributed by atoms with E-state index in [2.05, 4.69) is 9.24 Å². The van der Waals surface area contributed by atoms with Gasteiger partial charge in [0, 0.05) is 5.69 Å². The second-order valence-electron chi connectivity index (χ2n) is 2.34. The molecule has 0 aliphatic carbocycles. The average molecular weight is 149 g/mol. The molecule has 3 heteroatoms. The van der Waals surface area contributed by atoms with Crippen molar-refractivity contribution in [3.8, 4) is 0 Å². The van der Waals surface area contributed by atoms with E-state index in [1.807, 2.05) is 19.1 Å². The molecule has 2 N–H and O–H groups in total. The molecule has 1 atom stereocenters. The summed E-state index contributed by atoms with van der Waals surface area (Å²) in [5, 5.41) is 0.961. The number of rotatable bonds is 0. The second kappa shape index (κ2) is 2.63. The standard InChI is InChI=1S/C7H9BNP/c1-4-2-5(8)7(10)3-6(4)9/h2-3H,9-10H2,1H3. The maximum Gasteiger partial charge on any atom is 0.114 e. The molecule has 1 aromatic carbocycles. The second-order valence-corrected chi connectivity index (χ2v) is 2.96. The van der Waals surface area contributed by atoms with E-state index in [-0.39, 0.29) is 0 Å². The van der Waals surface area contributed by atoms with Gasteiger partial charge >= 0.3 is 0 Å². The van der Waals surface area contributed by atoms with E-state index in [0.717, 1.165) is 22.0 Å². The molecule has 1 aromatic rings. The molecule has 0 amide bonds. The fourth-order valence-electron chi connectivity index (χ4n) is 0.765. The van der Waals surface area contributed by atoms with Gasteiger partial charge in [-0.2, -0.15) is 0 Å². The number of nitrogens with two attached hydrogens (primary N) is 1. The van der Waals surface area contributed by atoms with Crippen molar-refractivity contribution in [1.82, 2.24) is 0 Å². The maximum absolute atomic E-state index is 5.62. The third kappa shape index (κ3) is 1.33. The minimum atomic E-state index is 0.775. The Bertz CT molecular complexity index is 210. The minimum absolute atomic E-state index is 0.775. The zero-order valence-corrected chi connectivity index (χ0v) is 7.04. The molecule has 1 nitrogen and oxygen atoms in total. The molecule has 2 radical (unpaired) electrons. The molecular weight excluding hydrogens is 140 g/mol. The zero-order chi connectivity index (χ0) is 7.72. The summed E-state index contributed by atoms with van der Waals surface area (Å²) in [5.41, 5.74) is 8.22. The van der Waals surface area contributed by atoms with Crippen LogP contribution in [-0.4, -0.2) is 7.85 Å². The molecule has 1 unspecified atom stereocenters. The van der Waals surface area contributed by atoms with Crippen LogP contribution >= 0.6 is 9.24 Å². The molecule has 0 saturated carbocycles. The monoisotopic (exact) mass is 149 g/mol. The highest BCUT2D eigenvalue weighted by Gasteiger charge is 1.95. The van der Waals surface area contributed by atoms with Gasteiger partial charge in [-0.3, -0.25) is 0 Å². The van der Waals surface area contributed by atoms with Gasteiger partial charge in [0.25, 0.3) is 0 Å². The van der Waals surface area contributed by atoms with E-state index in [1.165, 1.54) is 0 Å². The van der Waals surface area contributed by atoms with E-state index < -0.39 is 0 Å². The van der Waals surface area contributed by atoms with Crippen LogP contribution in [0.25, 0.3) is 0 Å². The quantitative estimate of drug-likeness (QED) is 0.310. The Balaban J connectivity index is 3.28. The van der Waals surface area contributed by atoms with Gasteiger partial charge in [0.1, 0.15) is 7.85 Å². The smallest absolute Gasteiger partial charge is 0.114 e. The number of anilines is 1. The zero-order valence-electron chi connectivity index (χ0n) is 5.89. The lowest BCUT2D eigenvalue weighted by Gasteiger charge is -2.04. The van der Waals surface area contributed by atoms with Crippen molar-refractivity contribution < 1.29 is 0 Å². The summed E-state index contributed by atoms with van der Waals surface area (Å²) < 4.78 is 0. The first kappa shape index (κ1) is 7.62. The molecule has 0 heterocycles. The topological polar surface area (TPSA) is 26.0 Å². The Morgan fingerprint density at radius 2 is 2.10 bits per heavy atom. The van der Waals surface area contributed by atoms with Crippen LogP contribution in [0.3, 0.4) is 0 Å². The number of hydrogen-bond acceptors (Lipinski definition) is 1. The predicted molar refractivity (Wildman–Crippen MR) is 50.3 cm³/mol. The Morgan fingerprint density at radius 1 is 1.50 bits per heavy atom. The number of benzene rings is 1. The van der Waals surface area contributed by atoms with E-state index in [4.69, 9.17) is 13.6 Å². The van der Waals surface area contributed by atoms with Crippen molar-refractivity contribution >= 4 is 33.5 Å². The van der Waals surface area contributed by atoms with E-state index in [9.17, 15) is 0 Å². The van der Waals surface area contributed by atoms with E-state index >= 15 is 0 Å². The molecule has 10 heavy (non-hydrogen) atoms. The molecule has 0 aliphatic heterocycles. The summed E-state index contributed by atoms with van der Waals surface area (Å²) in [6.45, 7) is 1.94. The van der Waals surface area contributed by atoms with Crippen LogP contribution < -0.4 is 16.5 Å². The highest BCUT2D eigenvalue weighted by Crippen LogP contribution is 2.05. The molecular formula is C7H9BNP. The Morgan fingerprint density at radius 3 is 2.60 bits per heavy atom. The van der Waals surface area contributed by atoms with Crippen LogP contribution in [0.4, 0.5) is 5.69 Å². The number of aryl methyl sites for hydroxylation is 1. The molecule has 0 aromatic heterocycles. The summed E-state index contributed by atoms with van der Waals surface area (Å²) in [5.74, 6) is 0. The third-order valence-corrected chi connectivity index (χ3v) is 1.97. The summed E-state index contributed by atoms with van der Waals surface area (Å²) >= 11 is 0. The molecule has 0 bridgehead atoms. The van der Waals surface area contributed by atoms with Crippen molar-refractivity contribution in [2.24, 2.45) is 0 Å². The van der Waals surface area contributed by atoms with Crippen molar-refractivity contribution in [3.63, 3.8) is 0 Å². The summed E-state index contributed by atoms with van der Waals surface area (Å²) in [6, 6.07) is 3.73. The Hall–Kier alpha value is -0.485. The first-order chi connectivity index (χ1) is 4.61. The average Bonchev–Trinajstić information content (AvgIpc) is 1.84. The molecule has 0 fully saturated rings. The molecule has 1 rings (SSSR count). The normalized spacial score (nSPS) is 9.80. The molecule has 50 valence electrons. The van der Waals surface area contributed by atoms with Crippen LogP contribution in [0.15, 0.2) is 12.1 Å². The van der Waals surface area contributed by atoms with Gasteiger partial charge in [-0.15, -0.1) is 9.24 Å². The first-order valence-corrected chi connectivity index (χ1v) is 3.60. The highest BCUT2D eigenvalue weighted by molar-refractivity contribution is 7.28. The van der Waals surface area contributed by atoms with Gasteiger partial charge in [0.15, 0.2) is 0 Å². The van der Waals surface area contributed by atoms with Gasteiger partial charge < -0.3 is 5.73 Å². The van der Waals surface area contributed by atoms with Crippen LogP contribution in [-0.2, 0) is 0 Å². The van der Waals surface area contributed by atoms with Crippen molar-refractivity contribution in [2.45, 2.75) is 6.92 Å². The first-order valence-electron chi connectivity index (χ1n) is 3.02. The lowest BCUT2D eigenvalue weighted by molar-refractivity contribution is 1.50. The third-order valence-electron chi connectivity index (χ3n) is 1.47. The molecule has 0 saturated heterocycles. The lowest BCUT2D eigenvalue weighted by Crippen LogP contribution is -2.20. The summed E-state index contributed by atoms with van der Waals surface area (Å²) in [4.78, 5) is 0. The van der Waals surface area contributed by atoms with Crippen molar-refractivity contribution in [2.75, 3.05) is 5.73 Å². The predicted octanol–water partition coefficient (Wildman–Crippen LogP) is -0.129. The number of nitrogen functional groups attached to an aromatic ring is 1. The van der Waals surface area contributed by atoms with Gasteiger partial charge in [0.2, 0.25) is 0 Å². The van der Waals surface area contributed by atoms with Crippen LogP contribution in [0.2, 0.25) is 0 Å². The highest BCUT2D eigenvalue weighted by atomic mass is 31.0. The van der Waals surface area contributed by atoms with E-state index in [1.54, 1.807) is 0 Å². The summed E-state index contributed by atoms with van der Waals surface area (Å²) in [6.07, 6.45) is 0. The van der Waals surface area contributed by atoms with Gasteiger partial charge in [0.05, 0.1) is 0 Å². The minimum Gasteiger partial charge on any atom is -0.398 e. The Kier molecular flexibility index (Phi) is 2.01. The van der Waals surface area contributed by atoms with Crippen molar-refractivity contribution in [1.29, 1.82) is 0 Å². The fraction of sp³-hybridized carbons (Fsp3) is 0.143. The van der Waals surface area contributed by atoms with Gasteiger partial charge in [-0.1, -0.05) is 11.5 Å². The van der Waals surface area contributed by atoms with Gasteiger partial charge in [-0.25, -0.2) is 0 Å². The van der Waals surface area contributed by atoms with Crippen molar-refractivity contribution in [3.05, 3.63) is 17.7 Å². The summed E-state index contributed by atoms with van der Waals surface area (Å²) in [7, 11) is 8.15. The van der Waals surface area contributed by atoms with Crippen LogP contribution in [0.1, 0.15) is 5.56 Å².